The summed E-state index contributed by atoms with van der Waals surface area (Å²) in [7, 11) is 3.16. The number of aromatic carboxylic acids is 1. The van der Waals surface area contributed by atoms with Gasteiger partial charge in [0.25, 0.3) is 0 Å². The second-order valence-corrected chi connectivity index (χ2v) is 3.79. The molecule has 0 saturated carbocycles. The number of nitrogens with one attached hydrogen (secondary N) is 1. The summed E-state index contributed by atoms with van der Waals surface area (Å²) in [5, 5.41) is 11.6. The number of hydrogen-bond acceptors (Lipinski definition) is 2. The molecule has 6 heteroatoms. The molecule has 0 aromatic heterocycles. The highest BCUT2D eigenvalue weighted by Crippen LogP contribution is 2.19. The summed E-state index contributed by atoms with van der Waals surface area (Å²) in [6.07, 6.45) is 0. The highest BCUT2D eigenvalue weighted by molar-refractivity contribution is 6.31. The maximum absolute atomic E-state index is 11.3. The first-order chi connectivity index (χ1) is 7.40. The molecule has 0 aliphatic rings. The molecule has 0 aliphatic carbocycles. The molecular formula is C10H11ClN2O3. The van der Waals surface area contributed by atoms with E-state index < -0.39 is 5.97 Å². The van der Waals surface area contributed by atoms with Crippen molar-refractivity contribution < 1.29 is 14.7 Å². The summed E-state index contributed by atoms with van der Waals surface area (Å²) < 4.78 is 0. The van der Waals surface area contributed by atoms with E-state index >= 15 is 0 Å². The van der Waals surface area contributed by atoms with Crippen LogP contribution in [-0.2, 0) is 0 Å². The smallest absolute Gasteiger partial charge is 0.335 e. The van der Waals surface area contributed by atoms with Crippen LogP contribution in [0, 0.1) is 0 Å². The fourth-order valence-corrected chi connectivity index (χ4v) is 1.26. The summed E-state index contributed by atoms with van der Waals surface area (Å²) >= 11 is 5.73. The molecule has 0 unspecified atom stereocenters. The molecule has 0 aliphatic heterocycles. The Labute approximate surface area is 97.6 Å². The fourth-order valence-electron chi connectivity index (χ4n) is 1.02. The Kier molecular flexibility index (Phi) is 3.73. The van der Waals surface area contributed by atoms with Gasteiger partial charge in [-0.15, -0.1) is 0 Å². The third-order valence-electron chi connectivity index (χ3n) is 1.80. The Balaban J connectivity index is 2.97. The molecule has 16 heavy (non-hydrogen) atoms. The number of nitrogens with zero attached hydrogens (tertiary/aromatic N) is 1. The van der Waals surface area contributed by atoms with E-state index in [2.05, 4.69) is 5.32 Å². The lowest BCUT2D eigenvalue weighted by atomic mass is 10.2. The molecule has 0 fully saturated rings. The highest BCUT2D eigenvalue weighted by atomic mass is 35.5. The van der Waals surface area contributed by atoms with Crippen LogP contribution in [-0.4, -0.2) is 36.1 Å². The van der Waals surface area contributed by atoms with Gasteiger partial charge in [0.1, 0.15) is 0 Å². The van der Waals surface area contributed by atoms with Crippen molar-refractivity contribution >= 4 is 29.3 Å². The molecule has 0 radical (unpaired) electrons. The van der Waals surface area contributed by atoms with E-state index in [1.165, 1.54) is 23.1 Å². The normalized spacial score (nSPS) is 9.69. The number of urea groups is 1. The zero-order valence-corrected chi connectivity index (χ0v) is 9.58. The highest BCUT2D eigenvalue weighted by Gasteiger charge is 2.09. The molecule has 1 aromatic rings. The number of anilines is 1. The average molecular weight is 243 g/mol. The van der Waals surface area contributed by atoms with Crippen LogP contribution >= 0.6 is 11.6 Å². The van der Waals surface area contributed by atoms with Gasteiger partial charge in [0.2, 0.25) is 0 Å². The number of carbonyl (C=O) groups excluding carboxylic acids is 1. The lowest BCUT2D eigenvalue weighted by Crippen LogP contribution is -2.27. The Morgan fingerprint density at radius 1 is 1.31 bits per heavy atom. The van der Waals surface area contributed by atoms with Gasteiger partial charge in [-0.1, -0.05) is 11.6 Å². The minimum absolute atomic E-state index is 0.0292. The fraction of sp³-hybridized carbons (Fsp3) is 0.200. The van der Waals surface area contributed by atoms with E-state index in [1.54, 1.807) is 14.1 Å². The van der Waals surface area contributed by atoms with E-state index in [4.69, 9.17) is 16.7 Å². The molecule has 0 atom stereocenters. The number of hydrogen-bond donors (Lipinski definition) is 2. The van der Waals surface area contributed by atoms with Crippen molar-refractivity contribution in [1.82, 2.24) is 4.90 Å². The molecule has 1 aromatic carbocycles. The number of carbonyl (C=O) groups is 2. The average Bonchev–Trinajstić information content (AvgIpc) is 2.16. The van der Waals surface area contributed by atoms with Crippen LogP contribution < -0.4 is 5.32 Å². The van der Waals surface area contributed by atoms with Crippen LogP contribution in [0.5, 0.6) is 0 Å². The number of benzene rings is 1. The van der Waals surface area contributed by atoms with Crippen molar-refractivity contribution in [1.29, 1.82) is 0 Å². The largest absolute Gasteiger partial charge is 0.478 e. The van der Waals surface area contributed by atoms with Gasteiger partial charge in [-0.05, 0) is 18.2 Å². The summed E-state index contributed by atoms with van der Waals surface area (Å²) in [6.45, 7) is 0. The van der Waals surface area contributed by atoms with Crippen molar-refractivity contribution in [2.75, 3.05) is 19.4 Å². The van der Waals surface area contributed by atoms with Crippen LogP contribution in [0.4, 0.5) is 10.5 Å². The van der Waals surface area contributed by atoms with E-state index in [0.717, 1.165) is 0 Å². The van der Waals surface area contributed by atoms with Crippen LogP contribution in [0.15, 0.2) is 18.2 Å². The van der Waals surface area contributed by atoms with E-state index in [0.29, 0.717) is 5.69 Å². The van der Waals surface area contributed by atoms with E-state index in [1.807, 2.05) is 0 Å². The van der Waals surface area contributed by atoms with Gasteiger partial charge in [0.05, 0.1) is 5.56 Å². The predicted octanol–water partition coefficient (Wildman–Crippen LogP) is 2.13. The summed E-state index contributed by atoms with van der Waals surface area (Å²) in [5.41, 5.74) is 0.380. The number of rotatable bonds is 2. The maximum Gasteiger partial charge on any atom is 0.335 e. The molecule has 0 spiro atoms. The van der Waals surface area contributed by atoms with Crippen molar-refractivity contribution in [2.24, 2.45) is 0 Å². The third kappa shape index (κ3) is 3.13. The van der Waals surface area contributed by atoms with Crippen LogP contribution in [0.2, 0.25) is 5.02 Å². The zero-order chi connectivity index (χ0) is 12.3. The summed E-state index contributed by atoms with van der Waals surface area (Å²) in [6, 6.07) is 3.79. The minimum atomic E-state index is -1.09. The number of halogens is 1. The quantitative estimate of drug-likeness (QED) is 0.835. The Morgan fingerprint density at radius 3 is 2.44 bits per heavy atom. The lowest BCUT2D eigenvalue weighted by Gasteiger charge is -2.12. The van der Waals surface area contributed by atoms with Crippen molar-refractivity contribution in [3.63, 3.8) is 0 Å². The number of amides is 2. The maximum atomic E-state index is 11.3. The third-order valence-corrected chi connectivity index (χ3v) is 2.02. The Morgan fingerprint density at radius 2 is 1.94 bits per heavy atom. The SMILES string of the molecule is CN(C)C(=O)Nc1cc(Cl)cc(C(=O)O)c1. The molecule has 86 valence electrons. The first kappa shape index (κ1) is 12.3. The molecule has 0 bridgehead atoms. The molecule has 1 rings (SSSR count). The van der Waals surface area contributed by atoms with Gasteiger partial charge in [-0.2, -0.15) is 0 Å². The number of carboxylic acids is 1. The van der Waals surface area contributed by atoms with Gasteiger partial charge in [0.15, 0.2) is 0 Å². The summed E-state index contributed by atoms with van der Waals surface area (Å²) in [4.78, 5) is 23.4. The van der Waals surface area contributed by atoms with Crippen molar-refractivity contribution in [2.45, 2.75) is 0 Å². The second kappa shape index (κ2) is 4.85. The first-order valence-electron chi connectivity index (χ1n) is 4.42. The zero-order valence-electron chi connectivity index (χ0n) is 8.82. The van der Waals surface area contributed by atoms with Gasteiger partial charge in [0, 0.05) is 24.8 Å². The van der Waals surface area contributed by atoms with Crippen molar-refractivity contribution in [3.8, 4) is 0 Å². The van der Waals surface area contributed by atoms with Crippen LogP contribution in [0.3, 0.4) is 0 Å². The topological polar surface area (TPSA) is 69.6 Å². The van der Waals surface area contributed by atoms with Gasteiger partial charge in [-0.3, -0.25) is 0 Å². The van der Waals surface area contributed by atoms with Gasteiger partial charge in [-0.25, -0.2) is 9.59 Å². The van der Waals surface area contributed by atoms with Gasteiger partial charge >= 0.3 is 12.0 Å². The lowest BCUT2D eigenvalue weighted by molar-refractivity contribution is 0.0697. The van der Waals surface area contributed by atoms with E-state index in [9.17, 15) is 9.59 Å². The Bertz CT molecular complexity index is 432. The molecule has 0 heterocycles. The van der Waals surface area contributed by atoms with Gasteiger partial charge < -0.3 is 15.3 Å². The monoisotopic (exact) mass is 242 g/mol. The predicted molar refractivity (Wildman–Crippen MR) is 61.1 cm³/mol. The molecular weight excluding hydrogens is 232 g/mol. The van der Waals surface area contributed by atoms with Crippen molar-refractivity contribution in [3.05, 3.63) is 28.8 Å². The molecule has 2 N–H and O–H groups in total. The minimum Gasteiger partial charge on any atom is -0.478 e. The van der Waals surface area contributed by atoms with Crippen LogP contribution in [0.25, 0.3) is 0 Å². The molecule has 0 saturated heterocycles. The summed E-state index contributed by atoms with van der Waals surface area (Å²) in [5.74, 6) is -1.09. The van der Waals surface area contributed by atoms with Crippen LogP contribution in [0.1, 0.15) is 10.4 Å². The first-order valence-corrected chi connectivity index (χ1v) is 4.80. The molecule has 2 amide bonds. The molecule has 5 nitrogen and oxygen atoms in total. The Hall–Kier alpha value is -1.75. The van der Waals surface area contributed by atoms with E-state index in [-0.39, 0.29) is 16.6 Å². The number of carboxylic acid groups (broad SMARTS) is 1. The standard InChI is InChI=1S/C10H11ClN2O3/c1-13(2)10(16)12-8-4-6(9(14)15)3-7(11)5-8/h3-5H,1-2H3,(H,12,16)(H,14,15). The second-order valence-electron chi connectivity index (χ2n) is 3.36.